The minimum atomic E-state index is -0.219. The highest BCUT2D eigenvalue weighted by Gasteiger charge is 2.23. The summed E-state index contributed by atoms with van der Waals surface area (Å²) in [6, 6.07) is 6.60. The van der Waals surface area contributed by atoms with Crippen LogP contribution in [0, 0.1) is 5.82 Å². The van der Waals surface area contributed by atoms with E-state index in [0.29, 0.717) is 12.5 Å². The summed E-state index contributed by atoms with van der Waals surface area (Å²) < 4.78 is 12.7. The topological polar surface area (TPSA) is 41.6 Å². The molecule has 1 aromatic carbocycles. The third kappa shape index (κ3) is 1.43. The molecule has 0 spiro atoms. The zero-order valence-corrected chi connectivity index (χ0v) is 7.94. The second kappa shape index (κ2) is 3.29. The number of rotatable bonds is 1. The molecule has 74 valence electrons. The molecule has 0 saturated carbocycles. The molecule has 0 aliphatic carbocycles. The average molecular weight is 193 g/mol. The number of halogens is 1. The van der Waals surface area contributed by atoms with Crippen molar-refractivity contribution in [3.63, 3.8) is 0 Å². The van der Waals surface area contributed by atoms with Gasteiger partial charge in [-0.2, -0.15) is 0 Å². The van der Waals surface area contributed by atoms with Crippen molar-refractivity contribution in [2.24, 2.45) is 10.7 Å². The maximum Gasteiger partial charge on any atom is 0.191 e. The minimum absolute atomic E-state index is 0.149. The molecule has 1 aliphatic heterocycles. The molecular formula is C10H12FN3. The Morgan fingerprint density at radius 1 is 1.43 bits per heavy atom. The lowest BCUT2D eigenvalue weighted by Gasteiger charge is -2.21. The first-order valence-electron chi connectivity index (χ1n) is 4.46. The molecule has 0 bridgehead atoms. The summed E-state index contributed by atoms with van der Waals surface area (Å²) in [6.07, 6.45) is 0. The Balaban J connectivity index is 2.22. The van der Waals surface area contributed by atoms with E-state index in [0.717, 1.165) is 5.56 Å². The van der Waals surface area contributed by atoms with E-state index in [1.54, 1.807) is 12.1 Å². The van der Waals surface area contributed by atoms with Crippen molar-refractivity contribution in [1.29, 1.82) is 0 Å². The summed E-state index contributed by atoms with van der Waals surface area (Å²) in [5, 5.41) is 0. The second-order valence-electron chi connectivity index (χ2n) is 3.38. The van der Waals surface area contributed by atoms with E-state index in [1.807, 2.05) is 11.9 Å². The SMILES string of the molecule is CN1C(N)=NCC1c1ccc(F)cc1. The third-order valence-electron chi connectivity index (χ3n) is 2.51. The highest BCUT2D eigenvalue weighted by molar-refractivity contribution is 5.80. The summed E-state index contributed by atoms with van der Waals surface area (Å²) in [6.45, 7) is 0.647. The molecule has 0 amide bonds. The maximum atomic E-state index is 12.7. The van der Waals surface area contributed by atoms with E-state index >= 15 is 0 Å². The van der Waals surface area contributed by atoms with Crippen LogP contribution in [-0.2, 0) is 0 Å². The van der Waals surface area contributed by atoms with Gasteiger partial charge >= 0.3 is 0 Å². The Labute approximate surface area is 82.0 Å². The Hall–Kier alpha value is -1.58. The fourth-order valence-electron chi connectivity index (χ4n) is 1.59. The highest BCUT2D eigenvalue weighted by Crippen LogP contribution is 2.23. The number of nitrogens with two attached hydrogens (primary N) is 1. The van der Waals surface area contributed by atoms with E-state index in [9.17, 15) is 4.39 Å². The fraction of sp³-hybridized carbons (Fsp3) is 0.300. The molecule has 2 N–H and O–H groups in total. The number of aliphatic imine (C=N–C) groups is 1. The molecule has 1 unspecified atom stereocenters. The van der Waals surface area contributed by atoms with Crippen molar-refractivity contribution in [3.8, 4) is 0 Å². The van der Waals surface area contributed by atoms with E-state index in [4.69, 9.17) is 5.73 Å². The summed E-state index contributed by atoms with van der Waals surface area (Å²) in [5.41, 5.74) is 6.68. The van der Waals surface area contributed by atoms with Gasteiger partial charge in [0.25, 0.3) is 0 Å². The normalized spacial score (nSPS) is 21.1. The fourth-order valence-corrected chi connectivity index (χ4v) is 1.59. The number of likely N-dealkylation sites (N-methyl/N-ethyl adjacent to an activating group) is 1. The third-order valence-corrected chi connectivity index (χ3v) is 2.51. The quantitative estimate of drug-likeness (QED) is 0.726. The van der Waals surface area contributed by atoms with Crippen LogP contribution in [0.5, 0.6) is 0 Å². The van der Waals surface area contributed by atoms with Gasteiger partial charge in [-0.25, -0.2) is 4.39 Å². The minimum Gasteiger partial charge on any atom is -0.370 e. The molecule has 1 atom stereocenters. The largest absolute Gasteiger partial charge is 0.370 e. The summed E-state index contributed by atoms with van der Waals surface area (Å²) >= 11 is 0. The van der Waals surface area contributed by atoms with Gasteiger partial charge in [0, 0.05) is 7.05 Å². The zero-order valence-electron chi connectivity index (χ0n) is 7.94. The standard InChI is InChI=1S/C10H12FN3/c1-14-9(6-13-10(14)12)7-2-4-8(11)5-3-7/h2-5,9H,6H2,1H3,(H2,12,13). The molecule has 0 saturated heterocycles. The van der Waals surface area contributed by atoms with E-state index in [1.165, 1.54) is 12.1 Å². The molecule has 4 heteroatoms. The second-order valence-corrected chi connectivity index (χ2v) is 3.38. The van der Waals surface area contributed by atoms with Gasteiger partial charge in [-0.15, -0.1) is 0 Å². The first-order valence-corrected chi connectivity index (χ1v) is 4.46. The van der Waals surface area contributed by atoms with Crippen LogP contribution in [-0.4, -0.2) is 24.5 Å². The van der Waals surface area contributed by atoms with Crippen LogP contribution in [0.3, 0.4) is 0 Å². The van der Waals surface area contributed by atoms with Crippen LogP contribution in [0.25, 0.3) is 0 Å². The lowest BCUT2D eigenvalue weighted by atomic mass is 10.1. The van der Waals surface area contributed by atoms with Crippen molar-refractivity contribution < 1.29 is 4.39 Å². The number of hydrogen-bond acceptors (Lipinski definition) is 3. The molecule has 0 radical (unpaired) electrons. The van der Waals surface area contributed by atoms with Crippen molar-refractivity contribution >= 4 is 5.96 Å². The van der Waals surface area contributed by atoms with Gasteiger partial charge in [0.2, 0.25) is 0 Å². The smallest absolute Gasteiger partial charge is 0.191 e. The van der Waals surface area contributed by atoms with Crippen molar-refractivity contribution in [3.05, 3.63) is 35.6 Å². The average Bonchev–Trinajstić information content (AvgIpc) is 2.50. The molecule has 0 fully saturated rings. The van der Waals surface area contributed by atoms with Crippen molar-refractivity contribution in [2.75, 3.05) is 13.6 Å². The van der Waals surface area contributed by atoms with Crippen LogP contribution in [0.1, 0.15) is 11.6 Å². The predicted molar refractivity (Wildman–Crippen MR) is 53.4 cm³/mol. The van der Waals surface area contributed by atoms with Crippen LogP contribution in [0.15, 0.2) is 29.3 Å². The van der Waals surface area contributed by atoms with Crippen LogP contribution in [0.4, 0.5) is 4.39 Å². The Kier molecular flexibility index (Phi) is 2.11. The van der Waals surface area contributed by atoms with Gasteiger partial charge in [0.05, 0.1) is 12.6 Å². The lowest BCUT2D eigenvalue weighted by Crippen LogP contribution is -2.32. The molecule has 1 aliphatic rings. The van der Waals surface area contributed by atoms with Crippen molar-refractivity contribution in [1.82, 2.24) is 4.90 Å². The summed E-state index contributed by atoms with van der Waals surface area (Å²) in [4.78, 5) is 6.02. The lowest BCUT2D eigenvalue weighted by molar-refractivity contribution is 0.413. The maximum absolute atomic E-state index is 12.7. The van der Waals surface area contributed by atoms with E-state index < -0.39 is 0 Å². The number of benzene rings is 1. The summed E-state index contributed by atoms with van der Waals surface area (Å²) in [5.74, 6) is 0.322. The van der Waals surface area contributed by atoms with Crippen LogP contribution >= 0.6 is 0 Å². The van der Waals surface area contributed by atoms with Gasteiger partial charge in [-0.3, -0.25) is 4.99 Å². The molecule has 0 aromatic heterocycles. The Morgan fingerprint density at radius 3 is 2.57 bits per heavy atom. The molecule has 1 heterocycles. The van der Waals surface area contributed by atoms with Gasteiger partial charge in [-0.1, -0.05) is 12.1 Å². The Bertz CT molecular complexity index is 358. The van der Waals surface area contributed by atoms with E-state index in [-0.39, 0.29) is 11.9 Å². The van der Waals surface area contributed by atoms with Gasteiger partial charge in [0.15, 0.2) is 5.96 Å². The van der Waals surface area contributed by atoms with Gasteiger partial charge in [0.1, 0.15) is 5.82 Å². The van der Waals surface area contributed by atoms with Gasteiger partial charge < -0.3 is 10.6 Å². The number of guanidine groups is 1. The molecule has 2 rings (SSSR count). The van der Waals surface area contributed by atoms with Crippen LogP contribution < -0.4 is 5.73 Å². The zero-order chi connectivity index (χ0) is 10.1. The summed E-state index contributed by atoms with van der Waals surface area (Å²) in [7, 11) is 1.89. The monoisotopic (exact) mass is 193 g/mol. The highest BCUT2D eigenvalue weighted by atomic mass is 19.1. The molecule has 14 heavy (non-hydrogen) atoms. The van der Waals surface area contributed by atoms with Crippen molar-refractivity contribution in [2.45, 2.75) is 6.04 Å². The first kappa shape index (κ1) is 8.99. The Morgan fingerprint density at radius 2 is 2.07 bits per heavy atom. The number of hydrogen-bond donors (Lipinski definition) is 1. The first-order chi connectivity index (χ1) is 6.68. The molecular weight excluding hydrogens is 181 g/mol. The molecule has 1 aromatic rings. The predicted octanol–water partition coefficient (Wildman–Crippen LogP) is 1.13. The van der Waals surface area contributed by atoms with Gasteiger partial charge in [-0.05, 0) is 17.7 Å². The van der Waals surface area contributed by atoms with E-state index in [2.05, 4.69) is 4.99 Å². The van der Waals surface area contributed by atoms with Crippen LogP contribution in [0.2, 0.25) is 0 Å². The molecule has 3 nitrogen and oxygen atoms in total. The number of nitrogens with zero attached hydrogens (tertiary/aromatic N) is 2.